The molecule has 12 nitrogen and oxygen atoms in total. The quantitative estimate of drug-likeness (QED) is 0.0567. The molecule has 0 saturated heterocycles. The average Bonchev–Trinajstić information content (AvgIpc) is 2.95. The molecule has 0 fully saturated rings. The Hall–Kier alpha value is -4.42. The Labute approximate surface area is 244 Å². The summed E-state index contributed by atoms with van der Waals surface area (Å²) in [4.78, 5) is 0. The fourth-order valence-corrected chi connectivity index (χ4v) is 6.92. The molecule has 4 rings (SSSR count). The first-order chi connectivity index (χ1) is 19.9. The number of benzene rings is 4. The van der Waals surface area contributed by atoms with Gasteiger partial charge in [0.2, 0.25) is 0 Å². The predicted molar refractivity (Wildman–Crippen MR) is 169 cm³/mol. The summed E-state index contributed by atoms with van der Waals surface area (Å²) in [7, 11) is -6.94. The number of aromatic hydroxyl groups is 4. The van der Waals surface area contributed by atoms with Crippen LogP contribution in [-0.2, 0) is 10.4 Å². The SMILES string of the molecule is O=S(=O)(O)O.Oc1ccc(NC[PH](CNc2ccc(O)cc2)(CNc2ccc(O)cc2)CNc2ccc(O)cc2)cc1. The number of anilines is 4. The summed E-state index contributed by atoms with van der Waals surface area (Å²) in [5, 5.41) is 52.9. The van der Waals surface area contributed by atoms with Crippen LogP contribution in [0.4, 0.5) is 22.7 Å². The molecule has 0 aliphatic carbocycles. The van der Waals surface area contributed by atoms with E-state index in [0.717, 1.165) is 22.7 Å². The minimum absolute atomic E-state index is 0.214. The summed E-state index contributed by atoms with van der Waals surface area (Å²) in [6.45, 7) is 0. The second-order valence-electron chi connectivity index (χ2n) is 9.55. The topological polar surface area (TPSA) is 204 Å². The van der Waals surface area contributed by atoms with Crippen LogP contribution in [0.3, 0.4) is 0 Å². The monoisotopic (exact) mass is 618 g/mol. The van der Waals surface area contributed by atoms with Crippen LogP contribution in [0.25, 0.3) is 0 Å². The summed E-state index contributed by atoms with van der Waals surface area (Å²) in [6, 6.07) is 28.1. The third kappa shape index (κ3) is 12.0. The first-order valence-electron chi connectivity index (χ1n) is 12.7. The van der Waals surface area contributed by atoms with E-state index in [-0.39, 0.29) is 23.0 Å². The van der Waals surface area contributed by atoms with Crippen LogP contribution in [0.2, 0.25) is 0 Å². The second kappa shape index (κ2) is 15.0. The molecule has 14 heteroatoms. The number of phenols is 4. The third-order valence-corrected chi connectivity index (χ3v) is 9.85. The Morgan fingerprint density at radius 3 is 0.762 bits per heavy atom. The molecule has 42 heavy (non-hydrogen) atoms. The zero-order chi connectivity index (χ0) is 30.6. The van der Waals surface area contributed by atoms with E-state index in [0.29, 0.717) is 25.1 Å². The summed E-state index contributed by atoms with van der Waals surface area (Å²) in [6.07, 6.45) is 2.83. The number of nitrogens with one attached hydrogen (secondary N) is 4. The van der Waals surface area contributed by atoms with Crippen LogP contribution >= 0.6 is 7.26 Å². The van der Waals surface area contributed by atoms with Crippen LogP contribution in [0, 0.1) is 0 Å². The summed E-state index contributed by atoms with van der Waals surface area (Å²) >= 11 is 0. The number of rotatable bonds is 12. The molecule has 0 unspecified atom stereocenters. The van der Waals surface area contributed by atoms with Crippen LogP contribution < -0.4 is 21.3 Å². The first-order valence-corrected chi connectivity index (χ1v) is 16.9. The van der Waals surface area contributed by atoms with Gasteiger partial charge in [0.05, 0.1) is 0 Å². The van der Waals surface area contributed by atoms with E-state index >= 15 is 0 Å². The van der Waals surface area contributed by atoms with Gasteiger partial charge in [-0.2, -0.15) is 8.42 Å². The molecule has 0 saturated carbocycles. The van der Waals surface area contributed by atoms with E-state index in [9.17, 15) is 20.4 Å². The van der Waals surface area contributed by atoms with Crippen molar-refractivity contribution in [2.45, 2.75) is 0 Å². The Morgan fingerprint density at radius 1 is 0.429 bits per heavy atom. The summed E-state index contributed by atoms with van der Waals surface area (Å²) < 4.78 is 31.6. The van der Waals surface area contributed by atoms with Crippen molar-refractivity contribution in [3.63, 3.8) is 0 Å². The third-order valence-electron chi connectivity index (χ3n) is 6.14. The maximum absolute atomic E-state index is 9.67. The van der Waals surface area contributed by atoms with Crippen LogP contribution in [0.1, 0.15) is 0 Å². The fraction of sp³-hybridized carbons (Fsp3) is 0.143. The average molecular weight is 619 g/mol. The molecule has 0 radical (unpaired) electrons. The van der Waals surface area contributed by atoms with Crippen molar-refractivity contribution in [2.75, 3.05) is 46.4 Å². The van der Waals surface area contributed by atoms with Gasteiger partial charge in [-0.1, -0.05) is 0 Å². The van der Waals surface area contributed by atoms with Gasteiger partial charge in [0, 0.05) is 0 Å². The van der Waals surface area contributed by atoms with Gasteiger partial charge >= 0.3 is 227 Å². The molecule has 226 valence electrons. The summed E-state index contributed by atoms with van der Waals surface area (Å²) in [5.41, 5.74) is 3.64. The van der Waals surface area contributed by atoms with E-state index in [2.05, 4.69) is 21.3 Å². The van der Waals surface area contributed by atoms with Crippen molar-refractivity contribution >= 4 is 40.4 Å². The normalized spacial score (nSPS) is 11.5. The zero-order valence-electron chi connectivity index (χ0n) is 22.5. The molecule has 4 aromatic carbocycles. The van der Waals surface area contributed by atoms with Crippen molar-refractivity contribution in [2.24, 2.45) is 0 Å². The first kappa shape index (κ1) is 32.1. The molecule has 0 bridgehead atoms. The van der Waals surface area contributed by atoms with Crippen LogP contribution in [0.15, 0.2) is 97.1 Å². The number of phenolic OH excluding ortho intramolecular Hbond substituents is 4. The Bertz CT molecular complexity index is 1280. The van der Waals surface area contributed by atoms with Crippen molar-refractivity contribution < 1.29 is 37.9 Å². The Kier molecular flexibility index (Phi) is 11.5. The molecular weight excluding hydrogens is 583 g/mol. The number of hydrogen-bond acceptors (Lipinski definition) is 10. The second-order valence-corrected chi connectivity index (χ2v) is 14.9. The minimum atomic E-state index is -4.67. The van der Waals surface area contributed by atoms with E-state index in [1.807, 2.05) is 48.5 Å². The molecule has 0 atom stereocenters. The van der Waals surface area contributed by atoms with Gasteiger partial charge in [0.15, 0.2) is 0 Å². The standard InChI is InChI=1S/C28H33N4O4P.H2O4S/c33-25-9-1-21(2-10-25)29-17-37(18-30-22-3-11-26(34)12-4-22,19-31-23-5-13-27(35)14-6-23)20-32-24-7-15-28(36)16-8-24;1-5(2,3)4/h1-16,29-37H,17-20H2;(H2,1,2,3,4). The van der Waals surface area contributed by atoms with Gasteiger partial charge in [-0.15, -0.1) is 0 Å². The fourth-order valence-electron chi connectivity index (χ4n) is 3.85. The molecule has 0 amide bonds. The predicted octanol–water partition coefficient (Wildman–Crippen LogP) is 5.18. The van der Waals surface area contributed by atoms with Crippen molar-refractivity contribution in [1.82, 2.24) is 0 Å². The molecule has 0 aliphatic rings. The van der Waals surface area contributed by atoms with Gasteiger partial charge in [-0.25, -0.2) is 0 Å². The van der Waals surface area contributed by atoms with Crippen molar-refractivity contribution in [3.05, 3.63) is 97.1 Å². The molecule has 0 aromatic heterocycles. The van der Waals surface area contributed by atoms with Crippen molar-refractivity contribution in [3.8, 4) is 23.0 Å². The molecular formula is C28H35N4O8PS. The summed E-state index contributed by atoms with van der Waals surface area (Å²) in [5.74, 6) is 0.856. The molecule has 0 heterocycles. The Morgan fingerprint density at radius 2 is 0.595 bits per heavy atom. The van der Waals surface area contributed by atoms with Gasteiger partial charge < -0.3 is 0 Å². The Balaban J connectivity index is 0.000000892. The van der Waals surface area contributed by atoms with E-state index in [1.165, 1.54) is 0 Å². The molecule has 4 aromatic rings. The van der Waals surface area contributed by atoms with Gasteiger partial charge in [0.25, 0.3) is 0 Å². The van der Waals surface area contributed by atoms with E-state index in [4.69, 9.17) is 17.5 Å². The van der Waals surface area contributed by atoms with Crippen LogP contribution in [-0.4, -0.2) is 63.1 Å². The van der Waals surface area contributed by atoms with Gasteiger partial charge in [-0.3, -0.25) is 9.11 Å². The van der Waals surface area contributed by atoms with E-state index < -0.39 is 17.7 Å². The molecule has 0 spiro atoms. The number of hydrogen-bond donors (Lipinski definition) is 10. The van der Waals surface area contributed by atoms with Crippen molar-refractivity contribution in [1.29, 1.82) is 0 Å². The maximum atomic E-state index is 9.67. The molecule has 10 N–H and O–H groups in total. The zero-order valence-corrected chi connectivity index (χ0v) is 24.3. The van der Waals surface area contributed by atoms with Gasteiger partial charge in [-0.05, 0) is 0 Å². The van der Waals surface area contributed by atoms with Gasteiger partial charge in [0.1, 0.15) is 0 Å². The van der Waals surface area contributed by atoms with E-state index in [1.54, 1.807) is 48.5 Å². The van der Waals surface area contributed by atoms with Crippen LogP contribution in [0.5, 0.6) is 23.0 Å². The molecule has 0 aliphatic heterocycles.